The topological polar surface area (TPSA) is 87.8 Å². The van der Waals surface area contributed by atoms with Gasteiger partial charge in [-0.15, -0.1) is 0 Å². The Hall–Kier alpha value is -2.86. The summed E-state index contributed by atoms with van der Waals surface area (Å²) in [4.78, 5) is 39.2. The number of furan rings is 1. The summed E-state index contributed by atoms with van der Waals surface area (Å²) in [6.07, 6.45) is 2.43. The second kappa shape index (κ2) is 6.88. The molecule has 6 nitrogen and oxygen atoms in total. The lowest BCUT2D eigenvalue weighted by Gasteiger charge is -2.42. The smallest absolute Gasteiger partial charge is 0.335 e. The fourth-order valence-electron chi connectivity index (χ4n) is 4.24. The van der Waals surface area contributed by atoms with Crippen LogP contribution in [0.2, 0.25) is 5.02 Å². The number of rotatable bonds is 3. The number of anilines is 1. The predicted octanol–water partition coefficient (Wildman–Crippen LogP) is 4.79. The van der Waals surface area contributed by atoms with Gasteiger partial charge in [-0.2, -0.15) is 0 Å². The minimum Gasteiger partial charge on any atom is -0.478 e. The third kappa shape index (κ3) is 3.38. The van der Waals surface area contributed by atoms with E-state index in [1.165, 1.54) is 29.4 Å². The molecule has 2 aliphatic rings. The third-order valence-corrected chi connectivity index (χ3v) is 5.78. The minimum atomic E-state index is -1.12. The Morgan fingerprint density at radius 1 is 1.24 bits per heavy atom. The lowest BCUT2D eigenvalue weighted by Crippen LogP contribution is -2.43. The van der Waals surface area contributed by atoms with E-state index in [1.807, 2.05) is 13.8 Å². The molecule has 1 aromatic carbocycles. The van der Waals surface area contributed by atoms with Crippen molar-refractivity contribution in [3.8, 4) is 0 Å². The van der Waals surface area contributed by atoms with Crippen LogP contribution in [0.1, 0.15) is 55.1 Å². The van der Waals surface area contributed by atoms with Crippen LogP contribution in [0.5, 0.6) is 0 Å². The first-order chi connectivity index (χ1) is 13.7. The van der Waals surface area contributed by atoms with Crippen LogP contribution in [0.25, 0.3) is 0 Å². The summed E-state index contributed by atoms with van der Waals surface area (Å²) in [5, 5.41) is 9.62. The van der Waals surface area contributed by atoms with Crippen LogP contribution < -0.4 is 4.90 Å². The van der Waals surface area contributed by atoms with Gasteiger partial charge in [0.05, 0.1) is 28.5 Å². The molecule has 0 spiro atoms. The second-order valence-corrected chi connectivity index (χ2v) is 8.68. The number of carbonyl (C=O) groups excluding carboxylic acids is 2. The van der Waals surface area contributed by atoms with Crippen molar-refractivity contribution in [1.82, 2.24) is 0 Å². The second-order valence-electron chi connectivity index (χ2n) is 8.27. The van der Waals surface area contributed by atoms with Gasteiger partial charge in [-0.3, -0.25) is 14.5 Å². The SMILES string of the molecule is CC1(C)CC(=O)C2=C(C1)N(c1cc(C(=O)O)ccc1Cl)C(=O)CC2c1ccco1. The van der Waals surface area contributed by atoms with Crippen molar-refractivity contribution in [2.24, 2.45) is 5.41 Å². The molecule has 29 heavy (non-hydrogen) atoms. The molecule has 4 rings (SSSR count). The number of hydrogen-bond acceptors (Lipinski definition) is 4. The Kier molecular flexibility index (Phi) is 4.62. The van der Waals surface area contributed by atoms with Crippen LogP contribution in [0.15, 0.2) is 52.3 Å². The van der Waals surface area contributed by atoms with Crippen LogP contribution in [0, 0.1) is 5.41 Å². The summed E-state index contributed by atoms with van der Waals surface area (Å²) >= 11 is 6.36. The van der Waals surface area contributed by atoms with E-state index in [9.17, 15) is 19.5 Å². The molecule has 1 aliphatic carbocycles. The zero-order chi connectivity index (χ0) is 20.9. The lowest BCUT2D eigenvalue weighted by atomic mass is 9.70. The standard InChI is InChI=1S/C22H20ClNO5/c1-22(2)10-16-20(17(25)11-22)13(18-4-3-7-29-18)9-19(26)24(16)15-8-12(21(27)28)5-6-14(15)23/h3-8,13H,9-11H2,1-2H3,(H,27,28). The Morgan fingerprint density at radius 3 is 2.66 bits per heavy atom. The molecule has 150 valence electrons. The summed E-state index contributed by atoms with van der Waals surface area (Å²) in [6, 6.07) is 7.73. The highest BCUT2D eigenvalue weighted by Gasteiger charge is 2.45. The summed E-state index contributed by atoms with van der Waals surface area (Å²) in [7, 11) is 0. The van der Waals surface area contributed by atoms with Gasteiger partial charge in [0.15, 0.2) is 5.78 Å². The molecule has 0 fully saturated rings. The molecule has 2 heterocycles. The van der Waals surface area contributed by atoms with E-state index < -0.39 is 11.9 Å². The highest BCUT2D eigenvalue weighted by molar-refractivity contribution is 6.34. The van der Waals surface area contributed by atoms with E-state index in [0.717, 1.165) is 0 Å². The van der Waals surface area contributed by atoms with Crippen molar-refractivity contribution in [3.05, 3.63) is 64.2 Å². The number of amides is 1. The van der Waals surface area contributed by atoms with Gasteiger partial charge in [0.25, 0.3) is 0 Å². The molecular weight excluding hydrogens is 394 g/mol. The van der Waals surface area contributed by atoms with Crippen molar-refractivity contribution in [2.75, 3.05) is 4.90 Å². The third-order valence-electron chi connectivity index (χ3n) is 5.46. The predicted molar refractivity (Wildman–Crippen MR) is 107 cm³/mol. The van der Waals surface area contributed by atoms with E-state index in [4.69, 9.17) is 16.0 Å². The molecule has 0 saturated carbocycles. The minimum absolute atomic E-state index is 0.0221. The number of hydrogen-bond donors (Lipinski definition) is 1. The molecule has 7 heteroatoms. The maximum atomic E-state index is 13.2. The number of carboxylic acid groups (broad SMARTS) is 1. The van der Waals surface area contributed by atoms with E-state index in [1.54, 1.807) is 12.1 Å². The van der Waals surface area contributed by atoms with Gasteiger partial charge < -0.3 is 9.52 Å². The number of Topliss-reactive ketones (excluding diaryl/α,β-unsaturated/α-hetero) is 1. The average molecular weight is 414 g/mol. The molecule has 1 aromatic heterocycles. The van der Waals surface area contributed by atoms with Crippen LogP contribution in [-0.4, -0.2) is 22.8 Å². The number of ketones is 1. The molecule has 0 radical (unpaired) electrons. The van der Waals surface area contributed by atoms with Crippen molar-refractivity contribution < 1.29 is 23.9 Å². The Bertz CT molecular complexity index is 1050. The monoisotopic (exact) mass is 413 g/mol. The first-order valence-corrected chi connectivity index (χ1v) is 9.71. The van der Waals surface area contributed by atoms with Crippen molar-refractivity contribution in [1.29, 1.82) is 0 Å². The van der Waals surface area contributed by atoms with Gasteiger partial charge in [0.2, 0.25) is 5.91 Å². The number of allylic oxidation sites excluding steroid dienone is 2. The van der Waals surface area contributed by atoms with E-state index in [2.05, 4.69) is 0 Å². The van der Waals surface area contributed by atoms with E-state index in [-0.39, 0.29) is 39.8 Å². The number of halogens is 1. The molecule has 1 amide bonds. The van der Waals surface area contributed by atoms with Crippen LogP contribution in [-0.2, 0) is 9.59 Å². The number of carbonyl (C=O) groups is 3. The normalized spacial score (nSPS) is 21.3. The van der Waals surface area contributed by atoms with Gasteiger partial charge in [0.1, 0.15) is 5.76 Å². The van der Waals surface area contributed by atoms with Crippen molar-refractivity contribution in [3.63, 3.8) is 0 Å². The number of aromatic carboxylic acids is 1. The van der Waals surface area contributed by atoms with Crippen LogP contribution in [0.4, 0.5) is 5.69 Å². The summed E-state index contributed by atoms with van der Waals surface area (Å²) < 4.78 is 5.52. The lowest BCUT2D eigenvalue weighted by molar-refractivity contribution is -0.121. The van der Waals surface area contributed by atoms with Gasteiger partial charge >= 0.3 is 5.97 Å². The van der Waals surface area contributed by atoms with Gasteiger partial charge in [-0.05, 0) is 42.2 Å². The molecule has 1 atom stereocenters. The number of benzene rings is 1. The molecule has 0 saturated heterocycles. The molecule has 0 bridgehead atoms. The number of carboxylic acids is 1. The molecule has 1 unspecified atom stereocenters. The molecular formula is C22H20ClNO5. The first kappa shape index (κ1) is 19.5. The van der Waals surface area contributed by atoms with Gasteiger partial charge in [-0.1, -0.05) is 25.4 Å². The summed E-state index contributed by atoms with van der Waals surface area (Å²) in [5.74, 6) is -1.27. The molecule has 1 aliphatic heterocycles. The Morgan fingerprint density at radius 2 is 2.00 bits per heavy atom. The Labute approximate surface area is 172 Å². The highest BCUT2D eigenvalue weighted by Crippen LogP contribution is 2.49. The molecule has 2 aromatic rings. The average Bonchev–Trinajstić information content (AvgIpc) is 3.15. The highest BCUT2D eigenvalue weighted by atomic mass is 35.5. The van der Waals surface area contributed by atoms with E-state index >= 15 is 0 Å². The Balaban J connectivity index is 1.93. The fraction of sp³-hybridized carbons (Fsp3) is 0.318. The van der Waals surface area contributed by atoms with Crippen LogP contribution >= 0.6 is 11.6 Å². The molecule has 1 N–H and O–H groups in total. The van der Waals surface area contributed by atoms with Gasteiger partial charge in [-0.25, -0.2) is 4.79 Å². The summed E-state index contributed by atoms with van der Waals surface area (Å²) in [5.41, 5.74) is 1.10. The summed E-state index contributed by atoms with van der Waals surface area (Å²) in [6.45, 7) is 3.95. The zero-order valence-electron chi connectivity index (χ0n) is 16.1. The first-order valence-electron chi connectivity index (χ1n) is 9.33. The maximum absolute atomic E-state index is 13.2. The van der Waals surface area contributed by atoms with Gasteiger partial charge in [0, 0.05) is 24.1 Å². The van der Waals surface area contributed by atoms with E-state index in [0.29, 0.717) is 29.9 Å². The van der Waals surface area contributed by atoms with Crippen LogP contribution in [0.3, 0.4) is 0 Å². The zero-order valence-corrected chi connectivity index (χ0v) is 16.8. The van der Waals surface area contributed by atoms with Crippen molar-refractivity contribution in [2.45, 2.75) is 39.0 Å². The largest absolute Gasteiger partial charge is 0.478 e. The van der Waals surface area contributed by atoms with Crippen molar-refractivity contribution >= 4 is 34.9 Å². The number of nitrogens with zero attached hydrogens (tertiary/aromatic N) is 1. The maximum Gasteiger partial charge on any atom is 0.335 e. The quantitative estimate of drug-likeness (QED) is 0.781. The fourth-order valence-corrected chi connectivity index (χ4v) is 4.45.